The molecule has 1 N–H and O–H groups in total. The van der Waals surface area contributed by atoms with Crippen molar-refractivity contribution in [1.82, 2.24) is 4.72 Å². The third-order valence-electron chi connectivity index (χ3n) is 4.11. The van der Waals surface area contributed by atoms with Gasteiger partial charge in [-0.2, -0.15) is 0 Å². The lowest BCUT2D eigenvalue weighted by Crippen LogP contribution is -2.43. The molecular formula is C15H22BrNO2S. The molecule has 0 bridgehead atoms. The molecule has 0 saturated heterocycles. The van der Waals surface area contributed by atoms with Crippen molar-refractivity contribution < 1.29 is 8.42 Å². The maximum atomic E-state index is 12.5. The predicted molar refractivity (Wildman–Crippen MR) is 85.0 cm³/mol. The van der Waals surface area contributed by atoms with Crippen LogP contribution in [0.3, 0.4) is 0 Å². The summed E-state index contributed by atoms with van der Waals surface area (Å²) in [5.41, 5.74) is 0. The molecular weight excluding hydrogens is 338 g/mol. The van der Waals surface area contributed by atoms with Gasteiger partial charge in [0.25, 0.3) is 0 Å². The molecule has 1 aliphatic rings. The summed E-state index contributed by atoms with van der Waals surface area (Å²) >= 11 is 3.32. The van der Waals surface area contributed by atoms with Crippen LogP contribution in [0.2, 0.25) is 0 Å². The first kappa shape index (κ1) is 16.0. The van der Waals surface area contributed by atoms with E-state index in [1.807, 2.05) is 0 Å². The van der Waals surface area contributed by atoms with Gasteiger partial charge >= 0.3 is 0 Å². The average Bonchev–Trinajstić information content (AvgIpc) is 2.39. The zero-order valence-corrected chi connectivity index (χ0v) is 14.4. The first-order valence-electron chi connectivity index (χ1n) is 7.18. The average molecular weight is 360 g/mol. The molecule has 2 atom stereocenters. The third-order valence-corrected chi connectivity index (χ3v) is 6.14. The van der Waals surface area contributed by atoms with Gasteiger partial charge in [-0.3, -0.25) is 0 Å². The Labute approximate surface area is 130 Å². The van der Waals surface area contributed by atoms with Crippen LogP contribution in [-0.2, 0) is 10.0 Å². The topological polar surface area (TPSA) is 46.2 Å². The van der Waals surface area contributed by atoms with Crippen LogP contribution in [0.4, 0.5) is 0 Å². The summed E-state index contributed by atoms with van der Waals surface area (Å²) in [7, 11) is -3.41. The summed E-state index contributed by atoms with van der Waals surface area (Å²) in [5.74, 6) is 0.946. The Kier molecular flexibility index (Phi) is 5.26. The van der Waals surface area contributed by atoms with E-state index in [1.165, 1.54) is 6.42 Å². The Bertz CT molecular complexity index is 539. The SMILES string of the molecule is CC(C)C1CCCCC1NS(=O)(=O)c1ccc(Br)cc1. The Hall–Kier alpha value is -0.390. The quantitative estimate of drug-likeness (QED) is 0.884. The summed E-state index contributed by atoms with van der Waals surface area (Å²) in [6.45, 7) is 4.35. The van der Waals surface area contributed by atoms with Crippen LogP contribution in [-0.4, -0.2) is 14.5 Å². The van der Waals surface area contributed by atoms with Crippen LogP contribution < -0.4 is 4.72 Å². The number of benzene rings is 1. The van der Waals surface area contributed by atoms with Crippen LogP contribution in [0.5, 0.6) is 0 Å². The smallest absolute Gasteiger partial charge is 0.208 e. The normalized spacial score (nSPS) is 24.0. The Morgan fingerprint density at radius 3 is 2.35 bits per heavy atom. The zero-order valence-electron chi connectivity index (χ0n) is 12.0. The van der Waals surface area contributed by atoms with Crippen LogP contribution in [0.1, 0.15) is 39.5 Å². The monoisotopic (exact) mass is 359 g/mol. The van der Waals surface area contributed by atoms with Crippen molar-refractivity contribution in [2.24, 2.45) is 11.8 Å². The van der Waals surface area contributed by atoms with Crippen LogP contribution in [0, 0.1) is 11.8 Å². The van der Waals surface area contributed by atoms with Crippen LogP contribution in [0.15, 0.2) is 33.6 Å². The minimum absolute atomic E-state index is 0.0670. The van der Waals surface area contributed by atoms with Crippen molar-refractivity contribution in [2.45, 2.75) is 50.5 Å². The van der Waals surface area contributed by atoms with Crippen molar-refractivity contribution in [3.05, 3.63) is 28.7 Å². The highest BCUT2D eigenvalue weighted by atomic mass is 79.9. The van der Waals surface area contributed by atoms with Gasteiger partial charge in [0.2, 0.25) is 10.0 Å². The molecule has 1 fully saturated rings. The molecule has 3 nitrogen and oxygen atoms in total. The number of hydrogen-bond acceptors (Lipinski definition) is 2. The van der Waals surface area contributed by atoms with E-state index in [0.29, 0.717) is 16.7 Å². The second-order valence-electron chi connectivity index (χ2n) is 5.87. The second-order valence-corrected chi connectivity index (χ2v) is 8.50. The molecule has 0 heterocycles. The Morgan fingerprint density at radius 2 is 1.75 bits per heavy atom. The van der Waals surface area contributed by atoms with E-state index in [1.54, 1.807) is 24.3 Å². The van der Waals surface area contributed by atoms with Gasteiger partial charge in [0.1, 0.15) is 0 Å². The Morgan fingerprint density at radius 1 is 1.15 bits per heavy atom. The van der Waals surface area contributed by atoms with Gasteiger partial charge in [0.05, 0.1) is 4.90 Å². The molecule has 1 aromatic rings. The molecule has 1 aliphatic carbocycles. The number of nitrogens with one attached hydrogen (secondary N) is 1. The second kappa shape index (κ2) is 6.58. The van der Waals surface area contributed by atoms with E-state index in [4.69, 9.17) is 0 Å². The summed E-state index contributed by atoms with van der Waals surface area (Å²) in [6.07, 6.45) is 4.37. The fraction of sp³-hybridized carbons (Fsp3) is 0.600. The highest BCUT2D eigenvalue weighted by Gasteiger charge is 2.31. The molecule has 5 heteroatoms. The maximum Gasteiger partial charge on any atom is 0.240 e. The van der Waals surface area contributed by atoms with Gasteiger partial charge in [0, 0.05) is 10.5 Å². The fourth-order valence-electron chi connectivity index (χ4n) is 2.98. The number of halogens is 1. The lowest BCUT2D eigenvalue weighted by molar-refractivity contribution is 0.226. The lowest BCUT2D eigenvalue weighted by atomic mass is 9.78. The number of rotatable bonds is 4. The maximum absolute atomic E-state index is 12.5. The molecule has 0 aromatic heterocycles. The predicted octanol–water partition coefficient (Wildman–Crippen LogP) is 3.94. The van der Waals surface area contributed by atoms with Gasteiger partial charge in [-0.05, 0) is 48.9 Å². The highest BCUT2D eigenvalue weighted by molar-refractivity contribution is 9.10. The molecule has 0 radical (unpaired) electrons. The first-order valence-corrected chi connectivity index (χ1v) is 9.45. The molecule has 1 saturated carbocycles. The molecule has 1 aromatic carbocycles. The molecule has 112 valence electrons. The lowest BCUT2D eigenvalue weighted by Gasteiger charge is -2.34. The van der Waals surface area contributed by atoms with E-state index < -0.39 is 10.0 Å². The fourth-order valence-corrected chi connectivity index (χ4v) is 4.57. The molecule has 0 spiro atoms. The van der Waals surface area contributed by atoms with Gasteiger partial charge < -0.3 is 0 Å². The van der Waals surface area contributed by atoms with E-state index >= 15 is 0 Å². The summed E-state index contributed by atoms with van der Waals surface area (Å²) in [4.78, 5) is 0.341. The summed E-state index contributed by atoms with van der Waals surface area (Å²) in [5, 5.41) is 0. The van der Waals surface area contributed by atoms with Crippen molar-refractivity contribution in [1.29, 1.82) is 0 Å². The minimum Gasteiger partial charge on any atom is -0.208 e. The Balaban J connectivity index is 2.16. The summed E-state index contributed by atoms with van der Waals surface area (Å²) in [6, 6.07) is 6.86. The standard InChI is InChI=1S/C15H22BrNO2S/c1-11(2)14-5-3-4-6-15(14)17-20(18,19)13-9-7-12(16)8-10-13/h7-11,14-15,17H,3-6H2,1-2H3. The molecule has 0 aliphatic heterocycles. The third kappa shape index (κ3) is 3.83. The van der Waals surface area contributed by atoms with Crippen molar-refractivity contribution in [3.63, 3.8) is 0 Å². The molecule has 2 unspecified atom stereocenters. The van der Waals surface area contributed by atoms with Crippen molar-refractivity contribution >= 4 is 26.0 Å². The van der Waals surface area contributed by atoms with Gasteiger partial charge in [-0.15, -0.1) is 0 Å². The molecule has 0 amide bonds. The number of sulfonamides is 1. The molecule has 20 heavy (non-hydrogen) atoms. The van der Waals surface area contributed by atoms with Crippen LogP contribution >= 0.6 is 15.9 Å². The van der Waals surface area contributed by atoms with E-state index in [2.05, 4.69) is 34.5 Å². The largest absolute Gasteiger partial charge is 0.240 e. The van der Waals surface area contributed by atoms with Gasteiger partial charge in [0.15, 0.2) is 0 Å². The van der Waals surface area contributed by atoms with Gasteiger partial charge in [-0.25, -0.2) is 13.1 Å². The molecule has 2 rings (SSSR count). The first-order chi connectivity index (χ1) is 9.40. The van der Waals surface area contributed by atoms with Crippen LogP contribution in [0.25, 0.3) is 0 Å². The van der Waals surface area contributed by atoms with Crippen molar-refractivity contribution in [3.8, 4) is 0 Å². The van der Waals surface area contributed by atoms with E-state index in [0.717, 1.165) is 23.7 Å². The van der Waals surface area contributed by atoms with Gasteiger partial charge in [-0.1, -0.05) is 42.6 Å². The number of hydrogen-bond donors (Lipinski definition) is 1. The highest BCUT2D eigenvalue weighted by Crippen LogP contribution is 2.31. The van der Waals surface area contributed by atoms with E-state index in [-0.39, 0.29) is 6.04 Å². The minimum atomic E-state index is -3.41. The zero-order chi connectivity index (χ0) is 14.8. The summed E-state index contributed by atoms with van der Waals surface area (Å²) < 4.78 is 28.7. The van der Waals surface area contributed by atoms with Crippen molar-refractivity contribution in [2.75, 3.05) is 0 Å². The van der Waals surface area contributed by atoms with E-state index in [9.17, 15) is 8.42 Å².